The summed E-state index contributed by atoms with van der Waals surface area (Å²) in [5.41, 5.74) is 3.58. The molecule has 1 aromatic heterocycles. The van der Waals surface area contributed by atoms with Crippen LogP contribution in [-0.4, -0.2) is 51.1 Å². The molecule has 1 saturated heterocycles. The first-order valence-corrected chi connectivity index (χ1v) is 12.2. The van der Waals surface area contributed by atoms with Gasteiger partial charge in [-0.3, -0.25) is 9.59 Å². The molecule has 0 radical (unpaired) electrons. The van der Waals surface area contributed by atoms with Crippen LogP contribution < -0.4 is 5.32 Å². The molecule has 178 valence electrons. The number of carbonyl (C=O) groups is 2. The molecule has 1 fully saturated rings. The number of hydrogen-bond acceptors (Lipinski definition) is 3. The summed E-state index contributed by atoms with van der Waals surface area (Å²) in [5.74, 6) is -0.141. The lowest BCUT2D eigenvalue weighted by atomic mass is 9.95. The minimum absolute atomic E-state index is 0.0264. The van der Waals surface area contributed by atoms with E-state index in [0.29, 0.717) is 31.6 Å². The van der Waals surface area contributed by atoms with Crippen LogP contribution in [0.25, 0.3) is 0 Å². The lowest BCUT2D eigenvalue weighted by Crippen LogP contribution is -2.46. The summed E-state index contributed by atoms with van der Waals surface area (Å²) in [6.07, 6.45) is 7.42. The van der Waals surface area contributed by atoms with Crippen LogP contribution in [0.3, 0.4) is 0 Å². The Hall–Kier alpha value is -4.00. The van der Waals surface area contributed by atoms with Crippen LogP contribution in [0.15, 0.2) is 84.1 Å². The first-order chi connectivity index (χ1) is 17.1. The number of nitrogens with zero attached hydrogens (tertiary/aromatic N) is 4. The Morgan fingerprint density at radius 2 is 1.74 bits per heavy atom. The second-order valence-electron chi connectivity index (χ2n) is 8.97. The molecule has 3 heterocycles. The van der Waals surface area contributed by atoms with Gasteiger partial charge in [-0.25, -0.2) is 4.99 Å². The predicted octanol–water partition coefficient (Wildman–Crippen LogP) is 3.93. The zero-order valence-corrected chi connectivity index (χ0v) is 19.9. The number of likely N-dealkylation sites (tertiary alicyclic amines) is 1. The van der Waals surface area contributed by atoms with Crippen molar-refractivity contribution in [3.63, 3.8) is 0 Å². The van der Waals surface area contributed by atoms with Crippen molar-refractivity contribution >= 4 is 29.4 Å². The van der Waals surface area contributed by atoms with Gasteiger partial charge in [0.05, 0.1) is 12.4 Å². The molecular weight excluding hydrogens is 438 g/mol. The van der Waals surface area contributed by atoms with Gasteiger partial charge in [-0.1, -0.05) is 54.1 Å². The zero-order chi connectivity index (χ0) is 24.2. The summed E-state index contributed by atoms with van der Waals surface area (Å²) in [7, 11) is 0. The van der Waals surface area contributed by atoms with E-state index in [0.717, 1.165) is 17.7 Å². The van der Waals surface area contributed by atoms with Crippen LogP contribution in [0.5, 0.6) is 0 Å². The Morgan fingerprint density at radius 3 is 2.46 bits per heavy atom. The fourth-order valence-electron chi connectivity index (χ4n) is 4.74. The third-order valence-electron chi connectivity index (χ3n) is 6.73. The van der Waals surface area contributed by atoms with E-state index >= 15 is 0 Å². The van der Waals surface area contributed by atoms with E-state index in [-0.39, 0.29) is 23.9 Å². The van der Waals surface area contributed by atoms with Crippen LogP contribution in [0.4, 0.5) is 5.69 Å². The molecule has 2 aliphatic heterocycles. The predicted molar refractivity (Wildman–Crippen MR) is 137 cm³/mol. The van der Waals surface area contributed by atoms with Crippen LogP contribution in [-0.2, 0) is 16.0 Å². The smallest absolute Gasteiger partial charge is 0.322 e. The van der Waals surface area contributed by atoms with Crippen molar-refractivity contribution in [3.8, 4) is 0 Å². The average molecular weight is 469 g/mol. The molecule has 1 N–H and O–H groups in total. The first kappa shape index (κ1) is 22.8. The lowest BCUT2D eigenvalue weighted by molar-refractivity contribution is -0.619. The largest absolute Gasteiger partial charge is 0.333 e. The van der Waals surface area contributed by atoms with E-state index in [1.54, 1.807) is 6.21 Å². The van der Waals surface area contributed by atoms with Gasteiger partial charge in [-0.05, 0) is 49.1 Å². The van der Waals surface area contributed by atoms with Crippen molar-refractivity contribution in [2.75, 3.05) is 18.4 Å². The number of piperidine rings is 1. The monoisotopic (exact) mass is 468 g/mol. The summed E-state index contributed by atoms with van der Waals surface area (Å²) in [6.45, 7) is 3.18. The molecule has 0 aliphatic carbocycles. The van der Waals surface area contributed by atoms with E-state index in [1.807, 2.05) is 87.3 Å². The molecule has 0 bridgehead atoms. The van der Waals surface area contributed by atoms with Crippen molar-refractivity contribution in [1.29, 1.82) is 0 Å². The van der Waals surface area contributed by atoms with Gasteiger partial charge in [-0.15, -0.1) is 4.68 Å². The van der Waals surface area contributed by atoms with Gasteiger partial charge in [-0.2, -0.15) is 0 Å². The molecule has 7 heteroatoms. The van der Waals surface area contributed by atoms with E-state index in [4.69, 9.17) is 0 Å². The molecular formula is C28H30N5O2+. The van der Waals surface area contributed by atoms with E-state index in [2.05, 4.69) is 23.3 Å². The molecule has 35 heavy (non-hydrogen) atoms. The van der Waals surface area contributed by atoms with Crippen molar-refractivity contribution in [2.24, 2.45) is 10.9 Å². The third-order valence-corrected chi connectivity index (χ3v) is 6.73. The third kappa shape index (κ3) is 4.80. The highest BCUT2D eigenvalue weighted by Crippen LogP contribution is 2.25. The molecule has 7 nitrogen and oxygen atoms in total. The topological polar surface area (TPSA) is 69.7 Å². The van der Waals surface area contributed by atoms with Crippen molar-refractivity contribution in [1.82, 2.24) is 9.58 Å². The number of rotatable bonds is 6. The number of benzene rings is 2. The van der Waals surface area contributed by atoms with Gasteiger partial charge in [0.2, 0.25) is 5.91 Å². The second-order valence-corrected chi connectivity index (χ2v) is 8.97. The molecule has 1 unspecified atom stereocenters. The molecule has 2 aromatic carbocycles. The quantitative estimate of drug-likeness (QED) is 0.557. The van der Waals surface area contributed by atoms with Crippen LogP contribution in [0.2, 0.25) is 0 Å². The summed E-state index contributed by atoms with van der Waals surface area (Å²) >= 11 is 0. The van der Waals surface area contributed by atoms with E-state index < -0.39 is 0 Å². The van der Waals surface area contributed by atoms with Crippen LogP contribution in [0, 0.1) is 5.92 Å². The van der Waals surface area contributed by atoms with Gasteiger partial charge >= 0.3 is 17.8 Å². The maximum absolute atomic E-state index is 13.6. The van der Waals surface area contributed by atoms with E-state index in [1.165, 1.54) is 5.56 Å². The summed E-state index contributed by atoms with van der Waals surface area (Å²) < 4.78 is 3.83. The first-order valence-electron chi connectivity index (χ1n) is 12.2. The Morgan fingerprint density at radius 1 is 1.00 bits per heavy atom. The van der Waals surface area contributed by atoms with Gasteiger partial charge < -0.3 is 10.2 Å². The minimum atomic E-state index is -0.301. The fourth-order valence-corrected chi connectivity index (χ4v) is 4.74. The van der Waals surface area contributed by atoms with Crippen molar-refractivity contribution in [2.45, 2.75) is 32.4 Å². The molecule has 2 aliphatic rings. The van der Waals surface area contributed by atoms with Crippen molar-refractivity contribution < 1.29 is 14.3 Å². The van der Waals surface area contributed by atoms with E-state index in [9.17, 15) is 9.59 Å². The number of aromatic nitrogens is 1. The number of hydrogen-bond donors (Lipinski definition) is 1. The highest BCUT2D eigenvalue weighted by molar-refractivity contribution is 6.59. The summed E-state index contributed by atoms with van der Waals surface area (Å²) in [4.78, 5) is 32.9. The Bertz CT molecular complexity index is 1260. The number of nitrogens with one attached hydrogen (secondary N) is 1. The average Bonchev–Trinajstić information content (AvgIpc) is 3.59. The molecule has 5 rings (SSSR count). The highest BCUT2D eigenvalue weighted by Gasteiger charge is 2.40. The number of amides is 2. The minimum Gasteiger partial charge on any atom is -0.333 e. The maximum Gasteiger partial charge on any atom is 0.322 e. The number of anilines is 1. The molecule has 0 spiro atoms. The standard InChI is InChI=1S/C28H29N5O2/c1-2-21-9-8-12-24(19-21)30-27(34)23-13-17-31(18-14-23)28(35)25-20-29-26(22-10-4-3-5-11-22)33(25)32-15-6-7-16-32/h3-12,15-16,19-20,23,26H,2,13-14,17-18H2,1H3/p+1. The maximum atomic E-state index is 13.6. The SMILES string of the molecule is CCc1cccc(NC(=O)C2CCN(C(=O)C3=[N+](n4cccc4)C(c4ccccc4)N=C3)CC2)c1. The fraction of sp³-hybridized carbons (Fsp3) is 0.286. The van der Waals surface area contributed by atoms with Gasteiger partial charge in [0, 0.05) is 30.3 Å². The lowest BCUT2D eigenvalue weighted by Gasteiger charge is -2.30. The van der Waals surface area contributed by atoms with Gasteiger partial charge in [0.15, 0.2) is 0 Å². The number of aliphatic imine (C=N–C) groups is 1. The Kier molecular flexibility index (Phi) is 6.57. The molecule has 1 atom stereocenters. The Labute approximate surface area is 205 Å². The molecule has 3 aromatic rings. The summed E-state index contributed by atoms with van der Waals surface area (Å²) in [5, 5.41) is 3.05. The molecule has 2 amide bonds. The zero-order valence-electron chi connectivity index (χ0n) is 19.9. The number of carbonyl (C=O) groups excluding carboxylic acids is 2. The van der Waals surface area contributed by atoms with Crippen molar-refractivity contribution in [3.05, 3.63) is 90.3 Å². The van der Waals surface area contributed by atoms with Crippen LogP contribution in [0.1, 0.15) is 37.1 Å². The highest BCUT2D eigenvalue weighted by atomic mass is 16.2. The Balaban J connectivity index is 1.29. The van der Waals surface area contributed by atoms with Gasteiger partial charge in [0.25, 0.3) is 0 Å². The number of aryl methyl sites for hydroxylation is 1. The normalized spacial score (nSPS) is 18.2. The van der Waals surface area contributed by atoms with Gasteiger partial charge in [0.1, 0.15) is 6.21 Å². The molecule has 0 saturated carbocycles. The van der Waals surface area contributed by atoms with Crippen LogP contribution >= 0.6 is 0 Å². The summed E-state index contributed by atoms with van der Waals surface area (Å²) in [6, 6.07) is 21.8. The second kappa shape index (κ2) is 10.1.